The first-order valence-corrected chi connectivity index (χ1v) is 11.9. The fraction of sp³-hybridized carbons (Fsp3) is 0.350. The van der Waals surface area contributed by atoms with Gasteiger partial charge in [0, 0.05) is 19.8 Å². The van der Waals surface area contributed by atoms with E-state index in [2.05, 4.69) is 15.0 Å². The molecular formula is C20H22N4O5S2. The van der Waals surface area contributed by atoms with Crippen LogP contribution < -0.4 is 5.32 Å². The molecular weight excluding hydrogens is 440 g/mol. The van der Waals surface area contributed by atoms with Gasteiger partial charge in [-0.05, 0) is 43.5 Å². The number of amides is 1. The van der Waals surface area contributed by atoms with E-state index in [0.29, 0.717) is 18.0 Å². The maximum atomic E-state index is 13.2. The van der Waals surface area contributed by atoms with E-state index in [9.17, 15) is 18.0 Å². The van der Waals surface area contributed by atoms with E-state index in [1.165, 1.54) is 39.6 Å². The van der Waals surface area contributed by atoms with Crippen LogP contribution in [-0.4, -0.2) is 53.8 Å². The van der Waals surface area contributed by atoms with Gasteiger partial charge < -0.3 is 14.6 Å². The van der Waals surface area contributed by atoms with Crippen LogP contribution in [0, 0.1) is 6.92 Å². The van der Waals surface area contributed by atoms with Crippen LogP contribution in [-0.2, 0) is 26.6 Å². The van der Waals surface area contributed by atoms with Gasteiger partial charge in [0.2, 0.25) is 15.9 Å². The summed E-state index contributed by atoms with van der Waals surface area (Å²) in [4.78, 5) is 29.2. The van der Waals surface area contributed by atoms with Crippen molar-refractivity contribution in [2.24, 2.45) is 7.05 Å². The number of fused-ring (bicyclic) bond motifs is 1. The molecule has 1 atom stereocenters. The average Bonchev–Trinajstić information content (AvgIpc) is 3.44. The number of carbonyl (C=O) groups excluding carboxylic acids is 2. The number of nitrogens with one attached hydrogen (secondary N) is 1. The first-order chi connectivity index (χ1) is 14.7. The monoisotopic (exact) mass is 462 g/mol. The molecule has 3 aromatic rings. The fourth-order valence-corrected chi connectivity index (χ4v) is 6.38. The molecule has 4 rings (SSSR count). The van der Waals surface area contributed by atoms with Gasteiger partial charge in [-0.25, -0.2) is 18.2 Å². The zero-order valence-electron chi connectivity index (χ0n) is 17.3. The number of sulfonamides is 1. The molecule has 1 fully saturated rings. The Bertz CT molecular complexity index is 1280. The highest BCUT2D eigenvalue weighted by molar-refractivity contribution is 7.89. The highest BCUT2D eigenvalue weighted by Crippen LogP contribution is 2.30. The maximum Gasteiger partial charge on any atom is 0.354 e. The molecule has 0 radical (unpaired) electrons. The number of carbonyl (C=O) groups is 2. The molecule has 9 nitrogen and oxygen atoms in total. The molecule has 31 heavy (non-hydrogen) atoms. The number of aromatic nitrogens is 2. The van der Waals surface area contributed by atoms with Crippen molar-refractivity contribution in [3.8, 4) is 0 Å². The van der Waals surface area contributed by atoms with Gasteiger partial charge in [0.15, 0.2) is 5.13 Å². The topological polar surface area (TPSA) is 111 Å². The van der Waals surface area contributed by atoms with E-state index in [1.54, 1.807) is 7.05 Å². The van der Waals surface area contributed by atoms with Crippen LogP contribution in [0.25, 0.3) is 10.2 Å². The predicted octanol–water partition coefficient (Wildman–Crippen LogP) is 2.52. The number of hydrogen-bond donors (Lipinski definition) is 1. The summed E-state index contributed by atoms with van der Waals surface area (Å²) in [5.41, 5.74) is 1.99. The molecule has 2 aromatic heterocycles. The molecule has 1 amide bonds. The van der Waals surface area contributed by atoms with Crippen LogP contribution in [0.4, 0.5) is 5.13 Å². The van der Waals surface area contributed by atoms with E-state index < -0.39 is 27.9 Å². The highest BCUT2D eigenvalue weighted by atomic mass is 32.2. The summed E-state index contributed by atoms with van der Waals surface area (Å²) in [6.45, 7) is 2.20. The van der Waals surface area contributed by atoms with Crippen LogP contribution in [0.2, 0.25) is 0 Å². The van der Waals surface area contributed by atoms with E-state index in [4.69, 9.17) is 0 Å². The van der Waals surface area contributed by atoms with Gasteiger partial charge >= 0.3 is 5.97 Å². The summed E-state index contributed by atoms with van der Waals surface area (Å²) in [5.74, 6) is -1.05. The van der Waals surface area contributed by atoms with Crippen molar-refractivity contribution in [3.05, 3.63) is 41.7 Å². The molecule has 0 aliphatic carbocycles. The van der Waals surface area contributed by atoms with Crippen molar-refractivity contribution >= 4 is 48.6 Å². The normalized spacial score (nSPS) is 17.2. The first-order valence-electron chi connectivity index (χ1n) is 9.65. The molecule has 0 bridgehead atoms. The Hall–Kier alpha value is -2.76. The van der Waals surface area contributed by atoms with Crippen molar-refractivity contribution in [3.63, 3.8) is 0 Å². The van der Waals surface area contributed by atoms with Crippen molar-refractivity contribution in [2.45, 2.75) is 30.7 Å². The summed E-state index contributed by atoms with van der Waals surface area (Å²) >= 11 is 1.35. The Balaban J connectivity index is 1.57. The van der Waals surface area contributed by atoms with Gasteiger partial charge in [-0.3, -0.25) is 4.79 Å². The molecule has 1 aromatic carbocycles. The SMILES string of the molecule is COC(=O)c1cc(S(=O)(=O)N2CCC[C@@H]2C(=O)Nc2nc3ccc(C)cc3s2)cn1C. The number of ether oxygens (including phenoxy) is 1. The second kappa shape index (κ2) is 8.06. The van der Waals surface area contributed by atoms with Crippen molar-refractivity contribution in [1.82, 2.24) is 13.9 Å². The summed E-state index contributed by atoms with van der Waals surface area (Å²) < 4.78 is 34.7. The molecule has 0 spiro atoms. The standard InChI is InChI=1S/C20H22N4O5S2/c1-12-6-7-14-17(9-12)30-20(21-14)22-18(25)15-5-4-8-24(15)31(27,28)13-10-16(19(26)29-3)23(2)11-13/h6-7,9-11,15H,4-5,8H2,1-3H3,(H,21,22,25)/t15-/m1/s1. The number of esters is 1. The lowest BCUT2D eigenvalue weighted by Gasteiger charge is -2.22. The molecule has 1 saturated heterocycles. The van der Waals surface area contributed by atoms with Crippen molar-refractivity contribution in [2.75, 3.05) is 19.0 Å². The third-order valence-electron chi connectivity index (χ3n) is 5.26. The predicted molar refractivity (Wildman–Crippen MR) is 117 cm³/mol. The Labute approximate surface area is 183 Å². The van der Waals surface area contributed by atoms with Gasteiger partial charge in [0.05, 0.1) is 17.3 Å². The maximum absolute atomic E-state index is 13.2. The third-order valence-corrected chi connectivity index (χ3v) is 8.07. The minimum Gasteiger partial charge on any atom is -0.464 e. The number of aryl methyl sites for hydroxylation is 2. The molecule has 1 aliphatic heterocycles. The van der Waals surface area contributed by atoms with Gasteiger partial charge in [-0.15, -0.1) is 0 Å². The fourth-order valence-electron chi connectivity index (χ4n) is 3.68. The third kappa shape index (κ3) is 3.95. The number of anilines is 1. The number of methoxy groups -OCH3 is 1. The summed E-state index contributed by atoms with van der Waals surface area (Å²) in [7, 11) is -1.18. The van der Waals surface area contributed by atoms with Gasteiger partial charge in [0.25, 0.3) is 0 Å². The quantitative estimate of drug-likeness (QED) is 0.584. The lowest BCUT2D eigenvalue weighted by Crippen LogP contribution is -2.43. The lowest BCUT2D eigenvalue weighted by atomic mass is 10.2. The smallest absolute Gasteiger partial charge is 0.354 e. The number of thiazole rings is 1. The molecule has 164 valence electrons. The van der Waals surface area contributed by atoms with E-state index in [1.807, 2.05) is 25.1 Å². The zero-order chi connectivity index (χ0) is 22.3. The largest absolute Gasteiger partial charge is 0.464 e. The van der Waals surface area contributed by atoms with E-state index >= 15 is 0 Å². The van der Waals surface area contributed by atoms with Crippen LogP contribution in [0.5, 0.6) is 0 Å². The molecule has 3 heterocycles. The lowest BCUT2D eigenvalue weighted by molar-refractivity contribution is -0.119. The first kappa shape index (κ1) is 21.5. The van der Waals surface area contributed by atoms with Gasteiger partial charge in [-0.2, -0.15) is 4.31 Å². The second-order valence-corrected chi connectivity index (χ2v) is 10.3. The number of nitrogens with zero attached hydrogens (tertiary/aromatic N) is 3. The summed E-state index contributed by atoms with van der Waals surface area (Å²) in [6, 6.07) is 6.24. The molecule has 1 aliphatic rings. The Morgan fingerprint density at radius 2 is 2.06 bits per heavy atom. The average molecular weight is 463 g/mol. The minimum atomic E-state index is -3.97. The van der Waals surface area contributed by atoms with Crippen LogP contribution in [0.1, 0.15) is 28.9 Å². The van der Waals surface area contributed by atoms with Crippen molar-refractivity contribution < 1.29 is 22.7 Å². The second-order valence-electron chi connectivity index (χ2n) is 7.42. The van der Waals surface area contributed by atoms with Crippen LogP contribution >= 0.6 is 11.3 Å². The summed E-state index contributed by atoms with van der Waals surface area (Å²) in [5, 5.41) is 3.21. The molecule has 0 saturated carbocycles. The summed E-state index contributed by atoms with van der Waals surface area (Å²) in [6.07, 6.45) is 2.32. The number of hydrogen-bond acceptors (Lipinski definition) is 7. The van der Waals surface area contributed by atoms with Gasteiger partial charge in [-0.1, -0.05) is 17.4 Å². The Morgan fingerprint density at radius 3 is 2.81 bits per heavy atom. The van der Waals surface area contributed by atoms with Crippen LogP contribution in [0.3, 0.4) is 0 Å². The number of rotatable bonds is 5. The Kier molecular flexibility index (Phi) is 5.58. The highest BCUT2D eigenvalue weighted by Gasteiger charge is 2.40. The van der Waals surface area contributed by atoms with Crippen LogP contribution in [0.15, 0.2) is 35.4 Å². The zero-order valence-corrected chi connectivity index (χ0v) is 18.9. The Morgan fingerprint density at radius 1 is 1.29 bits per heavy atom. The molecule has 11 heteroatoms. The number of benzene rings is 1. The van der Waals surface area contributed by atoms with E-state index in [-0.39, 0.29) is 17.1 Å². The van der Waals surface area contributed by atoms with Crippen molar-refractivity contribution in [1.29, 1.82) is 0 Å². The van der Waals surface area contributed by atoms with Gasteiger partial charge in [0.1, 0.15) is 16.6 Å². The molecule has 1 N–H and O–H groups in total. The minimum absolute atomic E-state index is 0.0504. The van der Waals surface area contributed by atoms with E-state index in [0.717, 1.165) is 15.8 Å². The molecule has 0 unspecified atom stereocenters.